The van der Waals surface area contributed by atoms with Gasteiger partial charge in [0.25, 0.3) is 5.91 Å². The van der Waals surface area contributed by atoms with Gasteiger partial charge in [0.05, 0.1) is 29.6 Å². The quantitative estimate of drug-likeness (QED) is 0.170. The van der Waals surface area contributed by atoms with Gasteiger partial charge >= 0.3 is 5.97 Å². The van der Waals surface area contributed by atoms with Gasteiger partial charge < -0.3 is 15.5 Å². The van der Waals surface area contributed by atoms with Gasteiger partial charge in [0.15, 0.2) is 0 Å². The Kier molecular flexibility index (Phi) is 10.5. The Morgan fingerprint density at radius 3 is 1.62 bits per heavy atom. The van der Waals surface area contributed by atoms with Gasteiger partial charge in [0.2, 0.25) is 0 Å². The molecule has 0 aliphatic rings. The predicted molar refractivity (Wildman–Crippen MR) is 182 cm³/mol. The summed E-state index contributed by atoms with van der Waals surface area (Å²) < 4.78 is 0. The number of carbonyl (C=O) groups excluding carboxylic acids is 1. The van der Waals surface area contributed by atoms with E-state index in [1.807, 2.05) is 121 Å². The van der Waals surface area contributed by atoms with E-state index in [9.17, 15) is 19.8 Å². The normalized spacial score (nSPS) is 11.1. The summed E-state index contributed by atoms with van der Waals surface area (Å²) in [6, 6.07) is 37.4. The summed E-state index contributed by atoms with van der Waals surface area (Å²) in [5.41, 5.74) is 6.72. The summed E-state index contributed by atoms with van der Waals surface area (Å²) in [5, 5.41) is 38.4. The molecule has 0 radical (unpaired) electrons. The number of hydrogen-bond donors (Lipinski definition) is 3. The summed E-state index contributed by atoms with van der Waals surface area (Å²) in [5.74, 6) is -1.29. The summed E-state index contributed by atoms with van der Waals surface area (Å²) in [7, 11) is 0. The van der Waals surface area contributed by atoms with Crippen LogP contribution in [0.3, 0.4) is 0 Å². The molecule has 0 aliphatic carbocycles. The first kappa shape index (κ1) is 32.3. The molecule has 6 aromatic rings. The average Bonchev–Trinajstić information content (AvgIpc) is 3.12. The Morgan fingerprint density at radius 1 is 0.660 bits per heavy atom. The summed E-state index contributed by atoms with van der Waals surface area (Å²) >= 11 is 0. The number of benzene rings is 4. The Morgan fingerprint density at radius 2 is 1.13 bits per heavy atom. The number of carbonyl (C=O) groups is 2. The van der Waals surface area contributed by atoms with Gasteiger partial charge in [-0.05, 0) is 25.0 Å². The lowest BCUT2D eigenvalue weighted by atomic mass is 9.95. The Balaban J connectivity index is 0.000000186. The number of aromatic nitrogens is 4. The molecule has 234 valence electrons. The number of amides is 1. The van der Waals surface area contributed by atoms with Gasteiger partial charge in [-0.15, -0.1) is 10.2 Å². The number of carboxylic acids is 1. The van der Waals surface area contributed by atoms with E-state index in [0.29, 0.717) is 33.8 Å². The third-order valence-corrected chi connectivity index (χ3v) is 7.33. The number of nitrogens with zero attached hydrogens (tertiary/aromatic N) is 4. The topological polar surface area (TPSA) is 138 Å². The second-order valence-corrected chi connectivity index (χ2v) is 10.7. The third-order valence-electron chi connectivity index (χ3n) is 7.33. The zero-order valence-corrected chi connectivity index (χ0v) is 25.9. The van der Waals surface area contributed by atoms with Gasteiger partial charge in [0.1, 0.15) is 11.4 Å². The van der Waals surface area contributed by atoms with E-state index >= 15 is 0 Å². The van der Waals surface area contributed by atoms with Crippen LogP contribution >= 0.6 is 0 Å². The molecule has 2 heterocycles. The molecule has 1 unspecified atom stereocenters. The molecule has 9 heteroatoms. The second kappa shape index (κ2) is 15.3. The first-order chi connectivity index (χ1) is 22.9. The van der Waals surface area contributed by atoms with Crippen LogP contribution in [0.2, 0.25) is 0 Å². The van der Waals surface area contributed by atoms with Crippen LogP contribution in [-0.2, 0) is 0 Å². The fourth-order valence-electron chi connectivity index (χ4n) is 5.08. The van der Waals surface area contributed by atoms with E-state index in [1.54, 1.807) is 20.0 Å². The molecule has 1 atom stereocenters. The van der Waals surface area contributed by atoms with Crippen LogP contribution in [0.5, 0.6) is 0 Å². The zero-order valence-electron chi connectivity index (χ0n) is 25.9. The summed E-state index contributed by atoms with van der Waals surface area (Å²) in [6.07, 6.45) is 1.60. The highest BCUT2D eigenvalue weighted by atomic mass is 16.4. The lowest BCUT2D eigenvalue weighted by molar-refractivity contribution is 0.0697. The molecule has 0 bridgehead atoms. The van der Waals surface area contributed by atoms with Crippen LogP contribution in [0.4, 0.5) is 0 Å². The SMILES string of the molecule is CC(CO)NC(=O)c1c(-c2ccccc2)cnnc1-c1ccccc1.Cc1nnc(-c2ccccc2)c(C(=O)O)c1-c1ccccc1. The summed E-state index contributed by atoms with van der Waals surface area (Å²) in [4.78, 5) is 24.8. The number of hydrogen-bond acceptors (Lipinski definition) is 7. The van der Waals surface area contributed by atoms with Crippen LogP contribution in [0, 0.1) is 6.92 Å². The van der Waals surface area contributed by atoms with Crippen LogP contribution in [-0.4, -0.2) is 55.1 Å². The highest BCUT2D eigenvalue weighted by Gasteiger charge is 2.23. The fraction of sp³-hybridized carbons (Fsp3) is 0.105. The first-order valence-corrected chi connectivity index (χ1v) is 15.0. The first-order valence-electron chi connectivity index (χ1n) is 15.0. The van der Waals surface area contributed by atoms with Gasteiger partial charge in [-0.25, -0.2) is 4.79 Å². The van der Waals surface area contributed by atoms with Crippen LogP contribution in [0.25, 0.3) is 44.8 Å². The molecular formula is C38H33N5O4. The number of aromatic carboxylic acids is 1. The van der Waals surface area contributed by atoms with E-state index in [4.69, 9.17) is 0 Å². The van der Waals surface area contributed by atoms with E-state index < -0.39 is 5.97 Å². The standard InChI is InChI=1S/C20H19N3O2.C18H14N2O2/c1-14(13-24)22-20(25)18-17(15-8-4-2-5-9-15)12-21-23-19(18)16-10-6-3-7-11-16;1-12-15(13-8-4-2-5-9-13)16(18(21)22)17(20-19-12)14-10-6-3-7-11-14/h2-12,14,24H,13H2,1H3,(H,22,25);2-11H,1H3,(H,21,22). The lowest BCUT2D eigenvalue weighted by Crippen LogP contribution is -2.35. The van der Waals surface area contributed by atoms with E-state index in [1.165, 1.54) is 0 Å². The van der Waals surface area contributed by atoms with Crippen LogP contribution in [0.1, 0.15) is 33.3 Å². The molecule has 3 N–H and O–H groups in total. The molecule has 0 spiro atoms. The average molecular weight is 624 g/mol. The Labute approximate surface area is 272 Å². The minimum Gasteiger partial charge on any atom is -0.478 e. The van der Waals surface area contributed by atoms with Crippen molar-refractivity contribution < 1.29 is 19.8 Å². The minimum atomic E-state index is -1.00. The number of aryl methyl sites for hydroxylation is 1. The van der Waals surface area contributed by atoms with Crippen molar-refractivity contribution in [3.05, 3.63) is 144 Å². The van der Waals surface area contributed by atoms with Gasteiger partial charge in [-0.1, -0.05) is 121 Å². The molecule has 0 aliphatic heterocycles. The third kappa shape index (κ3) is 7.61. The zero-order chi connectivity index (χ0) is 33.2. The number of rotatable bonds is 8. The van der Waals surface area contributed by atoms with Gasteiger partial charge in [-0.2, -0.15) is 10.2 Å². The predicted octanol–water partition coefficient (Wildman–Crippen LogP) is 6.74. The number of nitrogens with one attached hydrogen (secondary N) is 1. The molecule has 0 saturated carbocycles. The number of carboxylic acid groups (broad SMARTS) is 1. The van der Waals surface area contributed by atoms with E-state index in [0.717, 1.165) is 22.3 Å². The summed E-state index contributed by atoms with van der Waals surface area (Å²) in [6.45, 7) is 3.39. The fourth-order valence-corrected chi connectivity index (χ4v) is 5.08. The van der Waals surface area contributed by atoms with Crippen molar-refractivity contribution in [3.8, 4) is 44.8 Å². The van der Waals surface area contributed by atoms with Crippen molar-refractivity contribution in [2.45, 2.75) is 19.9 Å². The molecule has 6 rings (SSSR count). The maximum absolute atomic E-state index is 12.9. The van der Waals surface area contributed by atoms with E-state index in [-0.39, 0.29) is 24.1 Å². The lowest BCUT2D eigenvalue weighted by Gasteiger charge is -2.16. The molecule has 47 heavy (non-hydrogen) atoms. The minimum absolute atomic E-state index is 0.133. The Hall–Kier alpha value is -6.06. The molecule has 9 nitrogen and oxygen atoms in total. The van der Waals surface area contributed by atoms with Crippen molar-refractivity contribution in [3.63, 3.8) is 0 Å². The van der Waals surface area contributed by atoms with Crippen molar-refractivity contribution in [1.82, 2.24) is 25.7 Å². The molecule has 2 aromatic heterocycles. The molecule has 1 amide bonds. The number of aliphatic hydroxyl groups is 1. The Bertz CT molecular complexity index is 1900. The number of aliphatic hydroxyl groups excluding tert-OH is 1. The van der Waals surface area contributed by atoms with Crippen molar-refractivity contribution in [2.24, 2.45) is 0 Å². The van der Waals surface area contributed by atoms with Gasteiger partial charge in [-0.3, -0.25) is 4.79 Å². The largest absolute Gasteiger partial charge is 0.478 e. The molecule has 0 fully saturated rings. The van der Waals surface area contributed by atoms with Crippen molar-refractivity contribution in [2.75, 3.05) is 6.61 Å². The van der Waals surface area contributed by atoms with Crippen LogP contribution < -0.4 is 5.32 Å². The van der Waals surface area contributed by atoms with Crippen LogP contribution in [0.15, 0.2) is 128 Å². The molecule has 4 aromatic carbocycles. The highest BCUT2D eigenvalue weighted by molar-refractivity contribution is 6.06. The van der Waals surface area contributed by atoms with E-state index in [2.05, 4.69) is 25.7 Å². The van der Waals surface area contributed by atoms with Gasteiger partial charge in [0, 0.05) is 28.3 Å². The maximum Gasteiger partial charge on any atom is 0.338 e. The van der Waals surface area contributed by atoms with Crippen molar-refractivity contribution in [1.29, 1.82) is 0 Å². The monoisotopic (exact) mass is 623 g/mol. The second-order valence-electron chi connectivity index (χ2n) is 10.7. The molecule has 0 saturated heterocycles. The molecular weight excluding hydrogens is 590 g/mol. The smallest absolute Gasteiger partial charge is 0.338 e. The highest BCUT2D eigenvalue weighted by Crippen LogP contribution is 2.33. The van der Waals surface area contributed by atoms with Crippen molar-refractivity contribution >= 4 is 11.9 Å². The maximum atomic E-state index is 12.9.